The molecule has 1 amide bonds. The van der Waals surface area contributed by atoms with Gasteiger partial charge in [-0.3, -0.25) is 9.78 Å². The number of nitrogens with one attached hydrogen (secondary N) is 1. The van der Waals surface area contributed by atoms with E-state index in [2.05, 4.69) is 10.3 Å². The van der Waals surface area contributed by atoms with Crippen molar-refractivity contribution >= 4 is 38.1 Å². The van der Waals surface area contributed by atoms with E-state index >= 15 is 0 Å². The molecular formula is C23H24ClN3O3S. The van der Waals surface area contributed by atoms with Crippen LogP contribution in [0, 0.1) is 0 Å². The molecule has 1 aliphatic heterocycles. The van der Waals surface area contributed by atoms with Crippen molar-refractivity contribution in [3.05, 3.63) is 71.5 Å². The molecule has 2 aromatic carbocycles. The Morgan fingerprint density at radius 3 is 2.61 bits per heavy atom. The number of rotatable bonds is 5. The number of amides is 1. The van der Waals surface area contributed by atoms with E-state index < -0.39 is 21.5 Å². The summed E-state index contributed by atoms with van der Waals surface area (Å²) in [5, 5.41) is 5.67. The van der Waals surface area contributed by atoms with Crippen molar-refractivity contribution < 1.29 is 13.2 Å². The van der Waals surface area contributed by atoms with Gasteiger partial charge >= 0.3 is 0 Å². The van der Waals surface area contributed by atoms with Crippen molar-refractivity contribution in [3.8, 4) is 0 Å². The van der Waals surface area contributed by atoms with E-state index in [1.807, 2.05) is 12.1 Å². The highest BCUT2D eigenvalue weighted by molar-refractivity contribution is 7.92. The lowest BCUT2D eigenvalue weighted by Gasteiger charge is -2.36. The Morgan fingerprint density at radius 1 is 1.13 bits per heavy atom. The topological polar surface area (TPSA) is 79.4 Å². The van der Waals surface area contributed by atoms with E-state index in [0.29, 0.717) is 5.02 Å². The van der Waals surface area contributed by atoms with E-state index in [0.717, 1.165) is 35.7 Å². The maximum atomic E-state index is 12.9. The maximum Gasteiger partial charge on any atom is 0.238 e. The molecule has 2 atom stereocenters. The fraction of sp³-hybridized carbons (Fsp3) is 0.304. The average molecular weight is 458 g/mol. The molecule has 1 saturated heterocycles. The van der Waals surface area contributed by atoms with E-state index in [1.54, 1.807) is 54.7 Å². The van der Waals surface area contributed by atoms with Gasteiger partial charge in [-0.15, -0.1) is 0 Å². The van der Waals surface area contributed by atoms with Gasteiger partial charge in [0.1, 0.15) is 5.75 Å². The minimum absolute atomic E-state index is 0.0270. The number of hydrogen-bond acceptors (Lipinski definition) is 5. The third-order valence-corrected chi connectivity index (χ3v) is 7.71. The normalized spacial score (nSPS) is 19.3. The fourth-order valence-corrected chi connectivity index (χ4v) is 5.50. The molecule has 4 rings (SSSR count). The zero-order valence-corrected chi connectivity index (χ0v) is 18.7. The van der Waals surface area contributed by atoms with Crippen LogP contribution >= 0.6 is 11.6 Å². The van der Waals surface area contributed by atoms with Crippen LogP contribution in [0.25, 0.3) is 10.8 Å². The second-order valence-corrected chi connectivity index (χ2v) is 10.3. The Balaban J connectivity index is 1.47. The highest BCUT2D eigenvalue weighted by Gasteiger charge is 2.30. The van der Waals surface area contributed by atoms with E-state index in [-0.39, 0.29) is 17.0 Å². The number of carbonyl (C=O) groups excluding carboxylic acids is 1. The zero-order valence-electron chi connectivity index (χ0n) is 17.2. The van der Waals surface area contributed by atoms with Crippen LogP contribution in [0.1, 0.15) is 24.4 Å². The Hall–Kier alpha value is -2.48. The third kappa shape index (κ3) is 4.89. The van der Waals surface area contributed by atoms with Gasteiger partial charge in [0.25, 0.3) is 0 Å². The van der Waals surface area contributed by atoms with E-state index in [9.17, 15) is 13.2 Å². The van der Waals surface area contributed by atoms with Crippen LogP contribution in [-0.2, 0) is 14.6 Å². The zero-order chi connectivity index (χ0) is 22.0. The van der Waals surface area contributed by atoms with Gasteiger partial charge in [-0.25, -0.2) is 8.42 Å². The number of aromatic nitrogens is 1. The molecule has 0 radical (unpaired) electrons. The summed E-state index contributed by atoms with van der Waals surface area (Å²) in [5.74, 6) is -0.941. The Bertz CT molecular complexity index is 1200. The minimum Gasteiger partial charge on any atom is -0.342 e. The Morgan fingerprint density at radius 2 is 1.84 bits per heavy atom. The average Bonchev–Trinajstić information content (AvgIpc) is 2.78. The molecule has 6 nitrogen and oxygen atoms in total. The first-order valence-corrected chi connectivity index (χ1v) is 12.2. The molecule has 2 unspecified atom stereocenters. The van der Waals surface area contributed by atoms with Crippen molar-refractivity contribution in [1.82, 2.24) is 15.2 Å². The molecule has 0 spiro atoms. The first-order valence-electron chi connectivity index (χ1n) is 10.1. The monoisotopic (exact) mass is 457 g/mol. The Kier molecular flexibility index (Phi) is 6.27. The maximum absolute atomic E-state index is 12.9. The number of sulfone groups is 1. The molecule has 0 saturated carbocycles. The molecule has 0 aliphatic carbocycles. The third-order valence-electron chi connectivity index (χ3n) is 5.87. The van der Waals surface area contributed by atoms with Crippen molar-refractivity contribution in [2.75, 3.05) is 19.3 Å². The van der Waals surface area contributed by atoms with Crippen molar-refractivity contribution in [3.63, 3.8) is 0 Å². The highest BCUT2D eigenvalue weighted by Crippen LogP contribution is 2.27. The minimum atomic E-state index is -3.76. The SMILES string of the molecule is CN(C(=O)CS(=O)(=O)c1ccc2cc(Cl)ccc2c1)C1CCNC(c2ccncc2)C1. The molecule has 1 aromatic heterocycles. The van der Waals surface area contributed by atoms with E-state index in [4.69, 9.17) is 11.6 Å². The summed E-state index contributed by atoms with van der Waals surface area (Å²) in [6, 6.07) is 14.1. The van der Waals surface area contributed by atoms with E-state index in [1.165, 1.54) is 6.07 Å². The van der Waals surface area contributed by atoms with Gasteiger partial charge in [-0.2, -0.15) is 0 Å². The molecule has 2 heterocycles. The van der Waals surface area contributed by atoms with Crippen molar-refractivity contribution in [2.24, 2.45) is 0 Å². The standard InChI is InChI=1S/C23H24ClN3O3S/c1-27(20-8-11-26-22(14-20)16-6-9-25-10-7-16)23(28)15-31(29,30)21-5-3-17-12-19(24)4-2-18(17)13-21/h2-7,9-10,12-13,20,22,26H,8,11,14-15H2,1H3. The summed E-state index contributed by atoms with van der Waals surface area (Å²) in [7, 11) is -2.06. The van der Waals surface area contributed by atoms with Gasteiger partial charge in [-0.05, 0) is 72.1 Å². The summed E-state index contributed by atoms with van der Waals surface area (Å²) in [6.45, 7) is 0.759. The summed E-state index contributed by atoms with van der Waals surface area (Å²) in [5.41, 5.74) is 1.12. The lowest BCUT2D eigenvalue weighted by atomic mass is 9.93. The van der Waals surface area contributed by atoms with Gasteiger partial charge in [0, 0.05) is 36.5 Å². The van der Waals surface area contributed by atoms with Crippen LogP contribution in [0.4, 0.5) is 0 Å². The molecule has 3 aromatic rings. The summed E-state index contributed by atoms with van der Waals surface area (Å²) in [6.07, 6.45) is 5.00. The van der Waals surface area contributed by atoms with Gasteiger partial charge in [0.05, 0.1) is 4.90 Å². The van der Waals surface area contributed by atoms with Gasteiger partial charge in [-0.1, -0.05) is 23.7 Å². The fourth-order valence-electron chi connectivity index (χ4n) is 4.04. The number of piperidine rings is 1. The molecule has 162 valence electrons. The van der Waals surface area contributed by atoms with Crippen LogP contribution in [0.5, 0.6) is 0 Å². The molecule has 1 fully saturated rings. The van der Waals surface area contributed by atoms with Crippen LogP contribution in [-0.4, -0.2) is 49.6 Å². The summed E-state index contributed by atoms with van der Waals surface area (Å²) >= 11 is 6.00. The molecular weight excluding hydrogens is 434 g/mol. The predicted molar refractivity (Wildman–Crippen MR) is 122 cm³/mol. The molecule has 1 N–H and O–H groups in total. The van der Waals surface area contributed by atoms with Crippen LogP contribution in [0.3, 0.4) is 0 Å². The number of pyridine rings is 1. The number of halogens is 1. The smallest absolute Gasteiger partial charge is 0.238 e. The number of nitrogens with zero attached hydrogens (tertiary/aromatic N) is 2. The highest BCUT2D eigenvalue weighted by atomic mass is 35.5. The molecule has 31 heavy (non-hydrogen) atoms. The van der Waals surface area contributed by atoms with Crippen molar-refractivity contribution in [1.29, 1.82) is 0 Å². The van der Waals surface area contributed by atoms with Crippen LogP contribution in [0.15, 0.2) is 65.8 Å². The first-order chi connectivity index (χ1) is 14.8. The van der Waals surface area contributed by atoms with Gasteiger partial charge in [0.15, 0.2) is 9.84 Å². The molecule has 1 aliphatic rings. The second kappa shape index (κ2) is 8.94. The molecule has 8 heteroatoms. The second-order valence-electron chi connectivity index (χ2n) is 7.88. The van der Waals surface area contributed by atoms with Crippen LogP contribution in [0.2, 0.25) is 5.02 Å². The number of benzene rings is 2. The predicted octanol–water partition coefficient (Wildman–Crippen LogP) is 3.61. The quantitative estimate of drug-likeness (QED) is 0.633. The number of hydrogen-bond donors (Lipinski definition) is 1. The van der Waals surface area contributed by atoms with Crippen LogP contribution < -0.4 is 5.32 Å². The largest absolute Gasteiger partial charge is 0.342 e. The number of fused-ring (bicyclic) bond motifs is 1. The number of carbonyl (C=O) groups is 1. The lowest BCUT2D eigenvalue weighted by Crippen LogP contribution is -2.46. The summed E-state index contributed by atoms with van der Waals surface area (Å²) in [4.78, 5) is 18.7. The van der Waals surface area contributed by atoms with Gasteiger partial charge < -0.3 is 10.2 Å². The van der Waals surface area contributed by atoms with Gasteiger partial charge in [0.2, 0.25) is 5.91 Å². The lowest BCUT2D eigenvalue weighted by molar-refractivity contribution is -0.129. The first kappa shape index (κ1) is 21.7. The molecule has 0 bridgehead atoms. The Labute approximate surface area is 187 Å². The summed E-state index contributed by atoms with van der Waals surface area (Å²) < 4.78 is 25.9. The van der Waals surface area contributed by atoms with Crippen molar-refractivity contribution in [2.45, 2.75) is 29.8 Å².